The number of benzene rings is 3. The second-order valence-corrected chi connectivity index (χ2v) is 10.5. The van der Waals surface area contributed by atoms with Gasteiger partial charge in [-0.15, -0.1) is 0 Å². The van der Waals surface area contributed by atoms with Gasteiger partial charge in [0, 0.05) is 8.95 Å². The lowest BCUT2D eigenvalue weighted by atomic mass is 9.74. The Labute approximate surface area is 161 Å². The zero-order valence-electron chi connectivity index (χ0n) is 15.2. The van der Waals surface area contributed by atoms with Crippen LogP contribution in [0.5, 0.6) is 0 Å². The first-order chi connectivity index (χ1) is 11.0. The number of hydrogen-bond donors (Lipinski definition) is 0. The average Bonchev–Trinajstić information content (AvgIpc) is 2.41. The van der Waals surface area contributed by atoms with Crippen molar-refractivity contribution in [1.29, 1.82) is 0 Å². The maximum Gasteiger partial charge on any atom is 0.0181 e. The van der Waals surface area contributed by atoms with Crippen LogP contribution in [0.1, 0.15) is 52.7 Å². The minimum Gasteiger partial charge on any atom is -0.0560 e. The van der Waals surface area contributed by atoms with Crippen LogP contribution >= 0.6 is 31.9 Å². The molecule has 0 aliphatic rings. The molecule has 0 heterocycles. The van der Waals surface area contributed by atoms with E-state index in [1.807, 2.05) is 0 Å². The summed E-state index contributed by atoms with van der Waals surface area (Å²) in [6, 6.07) is 13.4. The van der Waals surface area contributed by atoms with E-state index in [1.54, 1.807) is 0 Å². The Kier molecular flexibility index (Phi) is 4.37. The second kappa shape index (κ2) is 5.85. The Morgan fingerprint density at radius 3 is 1.17 bits per heavy atom. The molecule has 2 heteroatoms. The molecule has 126 valence electrons. The van der Waals surface area contributed by atoms with Gasteiger partial charge >= 0.3 is 0 Å². The quantitative estimate of drug-likeness (QED) is 0.305. The van der Waals surface area contributed by atoms with Gasteiger partial charge in [0.15, 0.2) is 0 Å². The van der Waals surface area contributed by atoms with Crippen LogP contribution in [0.25, 0.3) is 21.5 Å². The van der Waals surface area contributed by atoms with Crippen molar-refractivity contribution < 1.29 is 0 Å². The van der Waals surface area contributed by atoms with E-state index < -0.39 is 0 Å². The summed E-state index contributed by atoms with van der Waals surface area (Å²) in [5.41, 5.74) is 2.99. The van der Waals surface area contributed by atoms with Crippen LogP contribution < -0.4 is 0 Å². The molecule has 0 aliphatic carbocycles. The molecule has 0 fully saturated rings. The molecule has 0 aromatic heterocycles. The molecule has 0 saturated heterocycles. The van der Waals surface area contributed by atoms with Crippen LogP contribution in [0.4, 0.5) is 0 Å². The molecule has 24 heavy (non-hydrogen) atoms. The Morgan fingerprint density at radius 1 is 0.542 bits per heavy atom. The summed E-state index contributed by atoms with van der Waals surface area (Å²) in [7, 11) is 0. The van der Waals surface area contributed by atoms with E-state index in [2.05, 4.69) is 110 Å². The predicted octanol–water partition coefficient (Wildman–Crippen LogP) is 8.11. The van der Waals surface area contributed by atoms with Crippen molar-refractivity contribution in [2.75, 3.05) is 0 Å². The summed E-state index contributed by atoms with van der Waals surface area (Å²) in [4.78, 5) is 0. The Morgan fingerprint density at radius 2 is 0.875 bits per heavy atom. The monoisotopic (exact) mass is 446 g/mol. The van der Waals surface area contributed by atoms with Gasteiger partial charge in [-0.05, 0) is 67.8 Å². The summed E-state index contributed by atoms with van der Waals surface area (Å²) in [5.74, 6) is 0. The SMILES string of the molecule is CC(C)(C)c1c2ccc(Br)cc2c(C(C)(C)C)c2ccc(Br)cc12. The van der Waals surface area contributed by atoms with Crippen LogP contribution in [0.2, 0.25) is 0 Å². The number of halogens is 2. The first kappa shape index (κ1) is 17.9. The summed E-state index contributed by atoms with van der Waals surface area (Å²) in [6.45, 7) is 13.8. The van der Waals surface area contributed by atoms with E-state index >= 15 is 0 Å². The van der Waals surface area contributed by atoms with Crippen molar-refractivity contribution in [3.8, 4) is 0 Å². The maximum absolute atomic E-state index is 3.68. The summed E-state index contributed by atoms with van der Waals surface area (Å²) in [5, 5.41) is 5.44. The van der Waals surface area contributed by atoms with E-state index in [0.717, 1.165) is 8.95 Å². The predicted molar refractivity (Wildman–Crippen MR) is 114 cm³/mol. The molecule has 0 saturated carbocycles. The van der Waals surface area contributed by atoms with Gasteiger partial charge in [-0.25, -0.2) is 0 Å². The third-order valence-corrected chi connectivity index (χ3v) is 5.53. The molecule has 3 aromatic rings. The van der Waals surface area contributed by atoms with Gasteiger partial charge in [-0.2, -0.15) is 0 Å². The van der Waals surface area contributed by atoms with E-state index in [-0.39, 0.29) is 10.8 Å². The van der Waals surface area contributed by atoms with E-state index in [9.17, 15) is 0 Å². The molecular formula is C22H24Br2. The van der Waals surface area contributed by atoms with Crippen LogP contribution in [-0.4, -0.2) is 0 Å². The van der Waals surface area contributed by atoms with Crippen molar-refractivity contribution in [2.24, 2.45) is 0 Å². The van der Waals surface area contributed by atoms with Gasteiger partial charge in [-0.1, -0.05) is 85.5 Å². The summed E-state index contributed by atoms with van der Waals surface area (Å²) < 4.78 is 2.27. The minimum absolute atomic E-state index is 0.0710. The Hall–Kier alpha value is -0.860. The summed E-state index contributed by atoms with van der Waals surface area (Å²) >= 11 is 7.35. The molecule has 0 amide bonds. The maximum atomic E-state index is 3.68. The molecule has 0 nitrogen and oxygen atoms in total. The second-order valence-electron chi connectivity index (χ2n) is 8.63. The lowest BCUT2D eigenvalue weighted by Gasteiger charge is -2.30. The highest BCUT2D eigenvalue weighted by Gasteiger charge is 2.27. The zero-order valence-corrected chi connectivity index (χ0v) is 18.4. The normalized spacial score (nSPS) is 13.0. The van der Waals surface area contributed by atoms with E-state index in [4.69, 9.17) is 0 Å². The van der Waals surface area contributed by atoms with Crippen LogP contribution in [0, 0.1) is 0 Å². The fraction of sp³-hybridized carbons (Fsp3) is 0.364. The molecular weight excluding hydrogens is 424 g/mol. The highest BCUT2D eigenvalue weighted by atomic mass is 79.9. The Balaban J connectivity index is 2.70. The number of fused-ring (bicyclic) bond motifs is 2. The summed E-state index contributed by atoms with van der Waals surface area (Å²) in [6.07, 6.45) is 0. The van der Waals surface area contributed by atoms with Crippen molar-refractivity contribution >= 4 is 53.4 Å². The Bertz CT molecular complexity index is 859. The van der Waals surface area contributed by atoms with Crippen molar-refractivity contribution in [1.82, 2.24) is 0 Å². The number of hydrogen-bond acceptors (Lipinski definition) is 0. The van der Waals surface area contributed by atoms with Crippen molar-refractivity contribution in [3.05, 3.63) is 56.5 Å². The highest BCUT2D eigenvalue weighted by Crippen LogP contribution is 2.44. The lowest BCUT2D eigenvalue weighted by molar-refractivity contribution is 0.593. The third kappa shape index (κ3) is 3.04. The highest BCUT2D eigenvalue weighted by molar-refractivity contribution is 9.10. The van der Waals surface area contributed by atoms with Gasteiger partial charge in [0.25, 0.3) is 0 Å². The molecule has 0 bridgehead atoms. The molecule has 0 aliphatic heterocycles. The fourth-order valence-electron chi connectivity index (χ4n) is 3.79. The molecule has 0 atom stereocenters. The smallest absolute Gasteiger partial charge is 0.0181 e. The molecule has 0 spiro atoms. The minimum atomic E-state index is 0.0710. The lowest BCUT2D eigenvalue weighted by Crippen LogP contribution is -2.17. The largest absolute Gasteiger partial charge is 0.0560 e. The van der Waals surface area contributed by atoms with Crippen LogP contribution in [0.15, 0.2) is 45.3 Å². The van der Waals surface area contributed by atoms with E-state index in [0.29, 0.717) is 0 Å². The average molecular weight is 448 g/mol. The van der Waals surface area contributed by atoms with Crippen molar-refractivity contribution in [2.45, 2.75) is 52.4 Å². The third-order valence-electron chi connectivity index (χ3n) is 4.54. The molecule has 0 unspecified atom stereocenters. The first-order valence-corrected chi connectivity index (χ1v) is 9.94. The van der Waals surface area contributed by atoms with Crippen molar-refractivity contribution in [3.63, 3.8) is 0 Å². The molecule has 3 rings (SSSR count). The standard InChI is InChI=1S/C22H24Br2/c1-21(2,3)19-15-9-7-14(24)12-18(15)20(22(4,5)6)16-10-8-13(23)11-17(16)19/h7-12H,1-6H3. The molecule has 0 radical (unpaired) electrons. The topological polar surface area (TPSA) is 0 Å². The first-order valence-electron chi connectivity index (χ1n) is 8.35. The van der Waals surface area contributed by atoms with Gasteiger partial charge in [0.2, 0.25) is 0 Å². The zero-order chi connectivity index (χ0) is 17.9. The van der Waals surface area contributed by atoms with Gasteiger partial charge in [0.1, 0.15) is 0 Å². The van der Waals surface area contributed by atoms with Crippen LogP contribution in [0.3, 0.4) is 0 Å². The fourth-order valence-corrected chi connectivity index (χ4v) is 4.51. The van der Waals surface area contributed by atoms with Gasteiger partial charge in [-0.3, -0.25) is 0 Å². The number of rotatable bonds is 0. The van der Waals surface area contributed by atoms with E-state index in [1.165, 1.54) is 32.7 Å². The molecule has 3 aromatic carbocycles. The molecule has 0 N–H and O–H groups in total. The van der Waals surface area contributed by atoms with Crippen LogP contribution in [-0.2, 0) is 10.8 Å². The van der Waals surface area contributed by atoms with Gasteiger partial charge in [0.05, 0.1) is 0 Å². The van der Waals surface area contributed by atoms with Gasteiger partial charge < -0.3 is 0 Å².